The Labute approximate surface area is 164 Å². The molecule has 2 N–H and O–H groups in total. The largest absolute Gasteiger partial charge is 0.397 e. The summed E-state index contributed by atoms with van der Waals surface area (Å²) in [6.07, 6.45) is 1.78. The van der Waals surface area contributed by atoms with E-state index in [1.807, 2.05) is 36.4 Å². The van der Waals surface area contributed by atoms with Crippen LogP contribution in [0.3, 0.4) is 0 Å². The van der Waals surface area contributed by atoms with Gasteiger partial charge in [-0.2, -0.15) is 0 Å². The zero-order chi connectivity index (χ0) is 18.1. The molecule has 0 saturated carbocycles. The van der Waals surface area contributed by atoms with Crippen molar-refractivity contribution in [1.29, 1.82) is 0 Å². The number of fused-ring (bicyclic) bond motifs is 1. The van der Waals surface area contributed by atoms with Gasteiger partial charge in [0.25, 0.3) is 0 Å². The molecule has 1 aromatic carbocycles. The second-order valence-electron chi connectivity index (χ2n) is 5.63. The number of nitrogen functional groups attached to an aromatic ring is 1. The molecule has 0 saturated heterocycles. The van der Waals surface area contributed by atoms with E-state index in [4.69, 9.17) is 17.3 Å². The van der Waals surface area contributed by atoms with Gasteiger partial charge >= 0.3 is 0 Å². The highest BCUT2D eigenvalue weighted by atomic mass is 35.5. The Bertz CT molecular complexity index is 1070. The molecule has 0 aliphatic carbocycles. The summed E-state index contributed by atoms with van der Waals surface area (Å²) in [6, 6.07) is 11.7. The van der Waals surface area contributed by atoms with Gasteiger partial charge in [-0.1, -0.05) is 41.6 Å². The van der Waals surface area contributed by atoms with Gasteiger partial charge in [0, 0.05) is 28.9 Å². The van der Waals surface area contributed by atoms with Crippen LogP contribution in [0.1, 0.15) is 12.5 Å². The summed E-state index contributed by atoms with van der Waals surface area (Å²) in [5.41, 5.74) is 8.15. The molecule has 0 atom stereocenters. The number of nitrogens with zero attached hydrogens (tertiary/aromatic N) is 4. The number of anilines is 1. The minimum absolute atomic E-state index is 0.711. The summed E-state index contributed by atoms with van der Waals surface area (Å²) in [5.74, 6) is 1.52. The summed E-state index contributed by atoms with van der Waals surface area (Å²) in [6.45, 7) is 2.84. The second kappa shape index (κ2) is 7.26. The zero-order valence-electron chi connectivity index (χ0n) is 14.0. The SMILES string of the molecule is CCn1c(SCc2ccccc2Cl)nnc1-c1sc2ncccc2c1N. The number of hydrogen-bond donors (Lipinski definition) is 1. The van der Waals surface area contributed by atoms with Crippen molar-refractivity contribution in [1.82, 2.24) is 19.7 Å². The summed E-state index contributed by atoms with van der Waals surface area (Å²) < 4.78 is 2.09. The third-order valence-corrected chi connectivity index (χ3v) is 6.57. The van der Waals surface area contributed by atoms with Gasteiger partial charge in [0.1, 0.15) is 4.83 Å². The number of aromatic nitrogens is 4. The van der Waals surface area contributed by atoms with Crippen molar-refractivity contribution in [3.63, 3.8) is 0 Å². The molecule has 4 aromatic rings. The molecular formula is C18H16ClN5S2. The van der Waals surface area contributed by atoms with E-state index < -0.39 is 0 Å². The van der Waals surface area contributed by atoms with E-state index in [1.54, 1.807) is 29.3 Å². The quantitative estimate of drug-likeness (QED) is 0.471. The van der Waals surface area contributed by atoms with E-state index in [1.165, 1.54) is 0 Å². The Morgan fingerprint density at radius 1 is 1.19 bits per heavy atom. The monoisotopic (exact) mass is 401 g/mol. The summed E-state index contributed by atoms with van der Waals surface area (Å²) in [4.78, 5) is 6.22. The highest BCUT2D eigenvalue weighted by molar-refractivity contribution is 7.98. The molecule has 132 valence electrons. The fourth-order valence-corrected chi connectivity index (χ4v) is 5.07. The predicted molar refractivity (Wildman–Crippen MR) is 110 cm³/mol. The van der Waals surface area contributed by atoms with Gasteiger partial charge < -0.3 is 10.3 Å². The van der Waals surface area contributed by atoms with Crippen LogP contribution in [-0.2, 0) is 12.3 Å². The van der Waals surface area contributed by atoms with Gasteiger partial charge in [0.05, 0.1) is 10.6 Å². The van der Waals surface area contributed by atoms with Crippen molar-refractivity contribution in [2.24, 2.45) is 0 Å². The minimum atomic E-state index is 0.711. The van der Waals surface area contributed by atoms with Crippen molar-refractivity contribution >= 4 is 50.6 Å². The number of thioether (sulfide) groups is 1. The third kappa shape index (κ3) is 3.06. The highest BCUT2D eigenvalue weighted by Gasteiger charge is 2.19. The van der Waals surface area contributed by atoms with Crippen LogP contribution in [-0.4, -0.2) is 19.7 Å². The topological polar surface area (TPSA) is 69.6 Å². The molecule has 8 heteroatoms. The summed E-state index contributed by atoms with van der Waals surface area (Å²) >= 11 is 9.42. The van der Waals surface area contributed by atoms with Gasteiger partial charge in [-0.15, -0.1) is 21.5 Å². The maximum atomic E-state index is 6.35. The maximum absolute atomic E-state index is 6.35. The normalized spacial score (nSPS) is 11.3. The molecule has 3 heterocycles. The first-order chi connectivity index (χ1) is 12.7. The van der Waals surface area contributed by atoms with Gasteiger partial charge in [-0.25, -0.2) is 4.98 Å². The lowest BCUT2D eigenvalue weighted by Crippen LogP contribution is -2.00. The number of halogens is 1. The molecule has 0 amide bonds. The predicted octanol–water partition coefficient (Wildman–Crippen LogP) is 5.10. The molecule has 4 rings (SSSR count). The number of pyridine rings is 1. The fraction of sp³-hybridized carbons (Fsp3) is 0.167. The fourth-order valence-electron chi connectivity index (χ4n) is 2.72. The van der Waals surface area contributed by atoms with Gasteiger partial charge in [0.2, 0.25) is 0 Å². The second-order valence-corrected chi connectivity index (χ2v) is 7.98. The molecule has 0 fully saturated rings. The molecule has 0 unspecified atom stereocenters. The Hall–Kier alpha value is -2.09. The van der Waals surface area contributed by atoms with Crippen molar-refractivity contribution in [3.05, 3.63) is 53.2 Å². The summed E-state index contributed by atoms with van der Waals surface area (Å²) in [5, 5.41) is 11.4. The van der Waals surface area contributed by atoms with Crippen molar-refractivity contribution in [3.8, 4) is 10.7 Å². The zero-order valence-corrected chi connectivity index (χ0v) is 16.4. The van der Waals surface area contributed by atoms with E-state index in [2.05, 4.69) is 26.7 Å². The molecule has 5 nitrogen and oxygen atoms in total. The molecule has 0 aliphatic rings. The van der Waals surface area contributed by atoms with Crippen molar-refractivity contribution < 1.29 is 0 Å². The van der Waals surface area contributed by atoms with E-state index >= 15 is 0 Å². The summed E-state index contributed by atoms with van der Waals surface area (Å²) in [7, 11) is 0. The molecule has 0 aliphatic heterocycles. The van der Waals surface area contributed by atoms with Crippen LogP contribution < -0.4 is 5.73 Å². The van der Waals surface area contributed by atoms with Crippen LogP contribution in [0.15, 0.2) is 47.8 Å². The molecule has 0 radical (unpaired) electrons. The Morgan fingerprint density at radius 3 is 2.81 bits per heavy atom. The van der Waals surface area contributed by atoms with Gasteiger partial charge in [-0.3, -0.25) is 0 Å². The van der Waals surface area contributed by atoms with Gasteiger partial charge in [0.15, 0.2) is 11.0 Å². The molecule has 3 aromatic heterocycles. The smallest absolute Gasteiger partial charge is 0.191 e. The first-order valence-corrected chi connectivity index (χ1v) is 10.3. The van der Waals surface area contributed by atoms with Crippen LogP contribution in [0.2, 0.25) is 5.02 Å². The van der Waals surface area contributed by atoms with E-state index in [-0.39, 0.29) is 0 Å². The number of nitrogens with two attached hydrogens (primary N) is 1. The Balaban J connectivity index is 1.68. The van der Waals surface area contributed by atoms with E-state index in [9.17, 15) is 0 Å². The maximum Gasteiger partial charge on any atom is 0.191 e. The number of benzene rings is 1. The highest BCUT2D eigenvalue weighted by Crippen LogP contribution is 2.40. The van der Waals surface area contributed by atoms with Crippen LogP contribution in [0.25, 0.3) is 20.9 Å². The Morgan fingerprint density at radius 2 is 2.04 bits per heavy atom. The molecule has 0 bridgehead atoms. The van der Waals surface area contributed by atoms with Crippen molar-refractivity contribution in [2.45, 2.75) is 24.4 Å². The number of thiophene rings is 1. The van der Waals surface area contributed by atoms with E-state index in [0.29, 0.717) is 5.69 Å². The number of hydrogen-bond acceptors (Lipinski definition) is 6. The standard InChI is InChI=1S/C18H16ClN5S2/c1-2-24-16(15-14(20)12-7-5-9-21-17(12)26-15)22-23-18(24)25-10-11-6-3-4-8-13(11)19/h3-9H,2,10,20H2,1H3. The van der Waals surface area contributed by atoms with E-state index in [0.717, 1.165) is 49.0 Å². The number of rotatable bonds is 5. The lowest BCUT2D eigenvalue weighted by Gasteiger charge is -2.07. The van der Waals surface area contributed by atoms with Crippen LogP contribution in [0, 0.1) is 0 Å². The lowest BCUT2D eigenvalue weighted by atomic mass is 10.2. The molecular weight excluding hydrogens is 386 g/mol. The lowest BCUT2D eigenvalue weighted by molar-refractivity contribution is 0.688. The van der Waals surface area contributed by atoms with Crippen LogP contribution in [0.4, 0.5) is 5.69 Å². The van der Waals surface area contributed by atoms with Crippen LogP contribution >= 0.6 is 34.7 Å². The minimum Gasteiger partial charge on any atom is -0.397 e. The van der Waals surface area contributed by atoms with Crippen molar-refractivity contribution in [2.75, 3.05) is 5.73 Å². The third-order valence-electron chi connectivity index (χ3n) is 4.06. The first kappa shape index (κ1) is 17.3. The molecule has 0 spiro atoms. The Kier molecular flexibility index (Phi) is 4.84. The average Bonchev–Trinajstić information content (AvgIpc) is 3.22. The molecule has 26 heavy (non-hydrogen) atoms. The average molecular weight is 402 g/mol. The first-order valence-electron chi connectivity index (χ1n) is 8.11. The van der Waals surface area contributed by atoms with Gasteiger partial charge in [-0.05, 0) is 30.7 Å². The van der Waals surface area contributed by atoms with Crippen LogP contribution in [0.5, 0.6) is 0 Å².